The summed E-state index contributed by atoms with van der Waals surface area (Å²) in [5.41, 5.74) is 2.12. The van der Waals surface area contributed by atoms with Gasteiger partial charge in [-0.1, -0.05) is 17.7 Å². The molecule has 18 heavy (non-hydrogen) atoms. The van der Waals surface area contributed by atoms with Gasteiger partial charge in [0.1, 0.15) is 0 Å². The maximum atomic E-state index is 11.2. The van der Waals surface area contributed by atoms with Crippen LogP contribution in [0.25, 0.3) is 0 Å². The maximum absolute atomic E-state index is 11.2. The number of hydrogen-bond donors (Lipinski definition) is 2. The van der Waals surface area contributed by atoms with E-state index < -0.39 is 0 Å². The Labute approximate surface area is 113 Å². The van der Waals surface area contributed by atoms with Gasteiger partial charge in [0.25, 0.3) is 0 Å². The van der Waals surface area contributed by atoms with Crippen molar-refractivity contribution in [2.45, 2.75) is 6.92 Å². The van der Waals surface area contributed by atoms with Gasteiger partial charge in [0.2, 0.25) is 5.91 Å². The summed E-state index contributed by atoms with van der Waals surface area (Å²) in [6.07, 6.45) is 0. The van der Waals surface area contributed by atoms with E-state index in [-0.39, 0.29) is 5.91 Å². The van der Waals surface area contributed by atoms with Crippen LogP contribution in [0.2, 0.25) is 5.02 Å². The van der Waals surface area contributed by atoms with Gasteiger partial charge in [-0.15, -0.1) is 0 Å². The molecule has 1 aromatic rings. The quantitative estimate of drug-likeness (QED) is 0.821. The molecule has 0 heterocycles. The number of hydrogen-bond acceptors (Lipinski definition) is 3. The molecule has 1 amide bonds. The van der Waals surface area contributed by atoms with Crippen LogP contribution >= 0.6 is 11.6 Å². The fourth-order valence-corrected chi connectivity index (χ4v) is 1.71. The molecular weight excluding hydrogens is 250 g/mol. The highest BCUT2D eigenvalue weighted by Gasteiger charge is 2.04. The molecule has 0 fully saturated rings. The Bertz CT molecular complexity index is 409. The van der Waals surface area contributed by atoms with Gasteiger partial charge in [-0.3, -0.25) is 4.79 Å². The zero-order valence-electron chi connectivity index (χ0n) is 11.1. The van der Waals surface area contributed by atoms with Crippen LogP contribution in [-0.4, -0.2) is 39.6 Å². The Morgan fingerprint density at radius 1 is 1.44 bits per heavy atom. The van der Waals surface area contributed by atoms with Crippen molar-refractivity contribution < 1.29 is 4.79 Å². The van der Waals surface area contributed by atoms with Gasteiger partial charge >= 0.3 is 0 Å². The molecule has 0 radical (unpaired) electrons. The number of aryl methyl sites for hydroxylation is 1. The molecule has 4 nitrogen and oxygen atoms in total. The first kappa shape index (κ1) is 14.8. The van der Waals surface area contributed by atoms with Gasteiger partial charge < -0.3 is 15.5 Å². The van der Waals surface area contributed by atoms with Crippen molar-refractivity contribution in [3.63, 3.8) is 0 Å². The summed E-state index contributed by atoms with van der Waals surface area (Å²) >= 11 is 6.08. The van der Waals surface area contributed by atoms with E-state index in [1.54, 1.807) is 7.05 Å². The number of carbonyl (C=O) groups excluding carboxylic acids is 1. The second-order valence-electron chi connectivity index (χ2n) is 4.24. The van der Waals surface area contributed by atoms with E-state index in [9.17, 15) is 4.79 Å². The lowest BCUT2D eigenvalue weighted by Crippen LogP contribution is -2.37. The van der Waals surface area contributed by atoms with Gasteiger partial charge in [-0.05, 0) is 31.7 Å². The lowest BCUT2D eigenvalue weighted by Gasteiger charge is -2.20. The van der Waals surface area contributed by atoms with Gasteiger partial charge in [-0.2, -0.15) is 0 Å². The maximum Gasteiger partial charge on any atom is 0.234 e. The van der Waals surface area contributed by atoms with Crippen LogP contribution in [0.4, 0.5) is 5.69 Å². The number of rotatable bonds is 6. The number of amides is 1. The van der Waals surface area contributed by atoms with E-state index in [0.29, 0.717) is 13.1 Å². The molecule has 0 aromatic heterocycles. The van der Waals surface area contributed by atoms with Crippen molar-refractivity contribution >= 4 is 23.2 Å². The summed E-state index contributed by atoms with van der Waals surface area (Å²) < 4.78 is 0. The van der Waals surface area contributed by atoms with E-state index >= 15 is 0 Å². The molecule has 0 aliphatic rings. The third-order valence-electron chi connectivity index (χ3n) is 2.70. The fourth-order valence-electron chi connectivity index (χ4n) is 1.53. The summed E-state index contributed by atoms with van der Waals surface area (Å²) in [4.78, 5) is 13.3. The Balaban J connectivity index is 2.43. The van der Waals surface area contributed by atoms with Gasteiger partial charge in [-0.25, -0.2) is 0 Å². The Morgan fingerprint density at radius 2 is 2.17 bits per heavy atom. The number of likely N-dealkylation sites (N-methyl/N-ethyl adjacent to an activating group) is 2. The number of halogens is 1. The van der Waals surface area contributed by atoms with Crippen LogP contribution in [0.3, 0.4) is 0 Å². The van der Waals surface area contributed by atoms with Gasteiger partial charge in [0, 0.05) is 30.8 Å². The first-order valence-corrected chi connectivity index (χ1v) is 6.31. The first-order chi connectivity index (χ1) is 8.54. The summed E-state index contributed by atoms with van der Waals surface area (Å²) in [7, 11) is 3.73. The second-order valence-corrected chi connectivity index (χ2v) is 4.64. The van der Waals surface area contributed by atoms with Crippen molar-refractivity contribution in [2.75, 3.05) is 38.6 Å². The number of nitrogens with zero attached hydrogens (tertiary/aromatic N) is 1. The lowest BCUT2D eigenvalue weighted by molar-refractivity contribution is -0.120. The lowest BCUT2D eigenvalue weighted by atomic mass is 10.2. The molecular formula is C13H20ClN3O. The molecule has 0 saturated heterocycles. The van der Waals surface area contributed by atoms with E-state index in [1.807, 2.05) is 32.2 Å². The van der Waals surface area contributed by atoms with Crippen LogP contribution in [0, 0.1) is 6.92 Å². The van der Waals surface area contributed by atoms with Crippen LogP contribution < -0.4 is 15.5 Å². The van der Waals surface area contributed by atoms with Crippen molar-refractivity contribution in [1.82, 2.24) is 10.6 Å². The Hall–Kier alpha value is -1.26. The molecule has 2 N–H and O–H groups in total. The molecule has 0 atom stereocenters. The van der Waals surface area contributed by atoms with Crippen LogP contribution in [0.15, 0.2) is 18.2 Å². The van der Waals surface area contributed by atoms with Gasteiger partial charge in [0.15, 0.2) is 0 Å². The molecule has 0 saturated carbocycles. The number of nitrogens with one attached hydrogen (secondary N) is 2. The second kappa shape index (κ2) is 7.24. The molecule has 5 heteroatoms. The molecule has 0 spiro atoms. The SMILES string of the molecule is CNCC(=O)NCCN(C)c1ccc(C)c(Cl)c1. The zero-order valence-corrected chi connectivity index (χ0v) is 11.8. The highest BCUT2D eigenvalue weighted by atomic mass is 35.5. The van der Waals surface area contributed by atoms with E-state index in [1.165, 1.54) is 0 Å². The molecule has 0 aliphatic carbocycles. The molecule has 1 aromatic carbocycles. The van der Waals surface area contributed by atoms with E-state index in [2.05, 4.69) is 15.5 Å². The normalized spacial score (nSPS) is 10.2. The van der Waals surface area contributed by atoms with Crippen molar-refractivity contribution in [2.24, 2.45) is 0 Å². The third kappa shape index (κ3) is 4.55. The van der Waals surface area contributed by atoms with Gasteiger partial charge in [0.05, 0.1) is 6.54 Å². The zero-order chi connectivity index (χ0) is 13.5. The smallest absolute Gasteiger partial charge is 0.234 e. The Morgan fingerprint density at radius 3 is 2.78 bits per heavy atom. The number of carbonyl (C=O) groups is 1. The third-order valence-corrected chi connectivity index (χ3v) is 3.11. The minimum absolute atomic E-state index is 0.00726. The van der Waals surface area contributed by atoms with E-state index in [4.69, 9.17) is 11.6 Å². The fraction of sp³-hybridized carbons (Fsp3) is 0.462. The summed E-state index contributed by atoms with van der Waals surface area (Å²) in [6.45, 7) is 3.68. The van der Waals surface area contributed by atoms with Crippen molar-refractivity contribution in [1.29, 1.82) is 0 Å². The van der Waals surface area contributed by atoms with E-state index in [0.717, 1.165) is 22.8 Å². The number of benzene rings is 1. The standard InChI is InChI=1S/C13H20ClN3O/c1-10-4-5-11(8-12(10)14)17(3)7-6-16-13(18)9-15-2/h4-5,8,15H,6-7,9H2,1-3H3,(H,16,18). The Kier molecular flexibility index (Phi) is 5.95. The summed E-state index contributed by atoms with van der Waals surface area (Å²) in [6, 6.07) is 5.96. The predicted molar refractivity (Wildman–Crippen MR) is 76.4 cm³/mol. The molecule has 1 rings (SSSR count). The molecule has 0 aliphatic heterocycles. The summed E-state index contributed by atoms with van der Waals surface area (Å²) in [5.74, 6) is 0.00726. The molecule has 0 unspecified atom stereocenters. The van der Waals surface area contributed by atoms with Crippen LogP contribution in [0.1, 0.15) is 5.56 Å². The monoisotopic (exact) mass is 269 g/mol. The first-order valence-electron chi connectivity index (χ1n) is 5.93. The van der Waals surface area contributed by atoms with Crippen LogP contribution in [-0.2, 0) is 4.79 Å². The average Bonchev–Trinajstić information content (AvgIpc) is 2.33. The average molecular weight is 270 g/mol. The highest BCUT2D eigenvalue weighted by Crippen LogP contribution is 2.21. The molecule has 100 valence electrons. The highest BCUT2D eigenvalue weighted by molar-refractivity contribution is 6.31. The van der Waals surface area contributed by atoms with Crippen molar-refractivity contribution in [3.05, 3.63) is 28.8 Å². The number of anilines is 1. The predicted octanol–water partition coefficient (Wildman–Crippen LogP) is 1.42. The largest absolute Gasteiger partial charge is 0.373 e. The van der Waals surface area contributed by atoms with Crippen LogP contribution in [0.5, 0.6) is 0 Å². The summed E-state index contributed by atoms with van der Waals surface area (Å²) in [5, 5.41) is 6.40. The minimum atomic E-state index is 0.00726. The topological polar surface area (TPSA) is 44.4 Å². The molecule has 0 bridgehead atoms. The van der Waals surface area contributed by atoms with Crippen molar-refractivity contribution in [3.8, 4) is 0 Å². The minimum Gasteiger partial charge on any atom is -0.373 e.